The second-order valence-corrected chi connectivity index (χ2v) is 5.03. The Morgan fingerprint density at radius 3 is 2.41 bits per heavy atom. The highest BCUT2D eigenvalue weighted by Gasteiger charge is 2.30. The predicted molar refractivity (Wildman–Crippen MR) is 77.9 cm³/mol. The summed E-state index contributed by atoms with van der Waals surface area (Å²) in [7, 11) is 0. The van der Waals surface area contributed by atoms with Gasteiger partial charge in [0.05, 0.1) is 17.2 Å². The van der Waals surface area contributed by atoms with Crippen LogP contribution in [0.1, 0.15) is 35.2 Å². The van der Waals surface area contributed by atoms with Gasteiger partial charge in [-0.25, -0.2) is 0 Å². The van der Waals surface area contributed by atoms with Gasteiger partial charge in [-0.05, 0) is 42.3 Å². The molecule has 0 aliphatic heterocycles. The van der Waals surface area contributed by atoms with E-state index in [9.17, 15) is 13.2 Å². The zero-order valence-corrected chi connectivity index (χ0v) is 12.0. The van der Waals surface area contributed by atoms with Crippen LogP contribution in [-0.4, -0.2) is 0 Å². The van der Waals surface area contributed by atoms with Crippen LogP contribution in [0.25, 0.3) is 0 Å². The van der Waals surface area contributed by atoms with E-state index in [0.717, 1.165) is 23.3 Å². The lowest BCUT2D eigenvalue weighted by molar-refractivity contribution is -0.137. The van der Waals surface area contributed by atoms with E-state index in [1.54, 1.807) is 18.2 Å². The van der Waals surface area contributed by atoms with Gasteiger partial charge in [-0.15, -0.1) is 0 Å². The van der Waals surface area contributed by atoms with Crippen molar-refractivity contribution in [3.05, 3.63) is 70.8 Å². The normalized spacial score (nSPS) is 12.7. The molecule has 0 saturated carbocycles. The van der Waals surface area contributed by atoms with Crippen LogP contribution < -0.4 is 5.32 Å². The number of halogens is 3. The maximum atomic E-state index is 12.5. The summed E-state index contributed by atoms with van der Waals surface area (Å²) in [5.74, 6) is 0. The summed E-state index contributed by atoms with van der Waals surface area (Å²) < 4.78 is 37.6. The van der Waals surface area contributed by atoms with Gasteiger partial charge in [-0.3, -0.25) is 0 Å². The van der Waals surface area contributed by atoms with Crippen LogP contribution >= 0.6 is 0 Å². The van der Waals surface area contributed by atoms with Gasteiger partial charge in [0.15, 0.2) is 0 Å². The van der Waals surface area contributed by atoms with Gasteiger partial charge in [0.25, 0.3) is 0 Å². The van der Waals surface area contributed by atoms with E-state index < -0.39 is 11.7 Å². The molecular weight excluding hydrogens is 289 g/mol. The largest absolute Gasteiger partial charge is 0.416 e. The summed E-state index contributed by atoms with van der Waals surface area (Å²) in [4.78, 5) is 0. The maximum absolute atomic E-state index is 12.5. The SMILES string of the molecule is CC(NCc1cccc(C#N)c1)c1ccc(C(F)(F)F)cc1. The zero-order valence-electron chi connectivity index (χ0n) is 12.0. The monoisotopic (exact) mass is 304 g/mol. The minimum atomic E-state index is -4.31. The van der Waals surface area contributed by atoms with E-state index in [1.807, 2.05) is 13.0 Å². The number of hydrogen-bond donors (Lipinski definition) is 1. The van der Waals surface area contributed by atoms with Gasteiger partial charge in [0.1, 0.15) is 0 Å². The molecule has 2 rings (SSSR count). The maximum Gasteiger partial charge on any atom is 0.416 e. The molecule has 114 valence electrons. The van der Waals surface area contributed by atoms with Gasteiger partial charge < -0.3 is 5.32 Å². The van der Waals surface area contributed by atoms with Crippen LogP contribution in [0.4, 0.5) is 13.2 Å². The van der Waals surface area contributed by atoms with Gasteiger partial charge in [0, 0.05) is 12.6 Å². The molecule has 0 radical (unpaired) electrons. The van der Waals surface area contributed by atoms with Crippen molar-refractivity contribution in [2.75, 3.05) is 0 Å². The third kappa shape index (κ3) is 4.09. The van der Waals surface area contributed by atoms with E-state index >= 15 is 0 Å². The Hall–Kier alpha value is -2.32. The summed E-state index contributed by atoms with van der Waals surface area (Å²) in [6.45, 7) is 2.43. The number of benzene rings is 2. The average molecular weight is 304 g/mol. The first kappa shape index (κ1) is 16.1. The fourth-order valence-electron chi connectivity index (χ4n) is 2.10. The standard InChI is InChI=1S/C17H15F3N2/c1-12(15-5-7-16(8-6-15)17(18,19)20)22-11-14-4-2-3-13(9-14)10-21/h2-9,12,22H,11H2,1H3. The lowest BCUT2D eigenvalue weighted by atomic mass is 10.1. The molecule has 2 aromatic carbocycles. The molecule has 0 spiro atoms. The third-order valence-electron chi connectivity index (χ3n) is 3.41. The predicted octanol–water partition coefficient (Wildman–Crippen LogP) is 4.43. The fourth-order valence-corrected chi connectivity index (χ4v) is 2.10. The van der Waals surface area contributed by atoms with Crippen molar-refractivity contribution >= 4 is 0 Å². The highest BCUT2D eigenvalue weighted by Crippen LogP contribution is 2.29. The molecule has 1 atom stereocenters. The molecule has 0 bridgehead atoms. The molecule has 0 aliphatic rings. The van der Waals surface area contributed by atoms with Crippen LogP contribution in [0.2, 0.25) is 0 Å². The van der Waals surface area contributed by atoms with E-state index in [4.69, 9.17) is 5.26 Å². The fraction of sp³-hybridized carbons (Fsp3) is 0.235. The van der Waals surface area contributed by atoms with Gasteiger partial charge in [-0.2, -0.15) is 18.4 Å². The lowest BCUT2D eigenvalue weighted by Gasteiger charge is -2.15. The minimum Gasteiger partial charge on any atom is -0.306 e. The van der Waals surface area contributed by atoms with Crippen LogP contribution in [0.15, 0.2) is 48.5 Å². The summed E-state index contributed by atoms with van der Waals surface area (Å²) in [6, 6.07) is 14.3. The molecule has 1 unspecified atom stereocenters. The first-order valence-corrected chi connectivity index (χ1v) is 6.80. The average Bonchev–Trinajstić information content (AvgIpc) is 2.52. The second kappa shape index (κ2) is 6.63. The Labute approximate surface area is 127 Å². The number of nitrogens with zero attached hydrogens (tertiary/aromatic N) is 1. The van der Waals surface area contributed by atoms with Crippen LogP contribution in [0.3, 0.4) is 0 Å². The zero-order chi connectivity index (χ0) is 16.2. The number of nitrogens with one attached hydrogen (secondary N) is 1. The molecule has 0 heterocycles. The van der Waals surface area contributed by atoms with Crippen LogP contribution in [-0.2, 0) is 12.7 Å². The Bertz CT molecular complexity index is 670. The lowest BCUT2D eigenvalue weighted by Crippen LogP contribution is -2.18. The molecule has 0 fully saturated rings. The smallest absolute Gasteiger partial charge is 0.306 e. The van der Waals surface area contributed by atoms with Gasteiger partial charge in [-0.1, -0.05) is 24.3 Å². The quantitative estimate of drug-likeness (QED) is 0.907. The molecule has 5 heteroatoms. The summed E-state index contributed by atoms with van der Waals surface area (Å²) >= 11 is 0. The highest BCUT2D eigenvalue weighted by atomic mass is 19.4. The molecular formula is C17H15F3N2. The number of alkyl halides is 3. The first-order valence-electron chi connectivity index (χ1n) is 6.80. The Kier molecular flexibility index (Phi) is 4.84. The van der Waals surface area contributed by atoms with Crippen LogP contribution in [0, 0.1) is 11.3 Å². The number of nitriles is 1. The second-order valence-electron chi connectivity index (χ2n) is 5.03. The Balaban J connectivity index is 2.00. The molecule has 1 N–H and O–H groups in total. The van der Waals surface area contributed by atoms with Crippen LogP contribution in [0.5, 0.6) is 0 Å². The van der Waals surface area contributed by atoms with Crippen molar-refractivity contribution in [2.45, 2.75) is 25.7 Å². The Morgan fingerprint density at radius 2 is 1.82 bits per heavy atom. The van der Waals surface area contributed by atoms with Crippen molar-refractivity contribution in [2.24, 2.45) is 0 Å². The molecule has 0 amide bonds. The molecule has 22 heavy (non-hydrogen) atoms. The molecule has 0 aromatic heterocycles. The highest BCUT2D eigenvalue weighted by molar-refractivity contribution is 5.33. The van der Waals surface area contributed by atoms with E-state index in [1.165, 1.54) is 12.1 Å². The summed E-state index contributed by atoms with van der Waals surface area (Å²) in [6.07, 6.45) is -4.31. The molecule has 0 aliphatic carbocycles. The van der Waals surface area contributed by atoms with Crippen molar-refractivity contribution < 1.29 is 13.2 Å². The first-order chi connectivity index (χ1) is 10.4. The molecule has 0 saturated heterocycles. The molecule has 2 nitrogen and oxygen atoms in total. The van der Waals surface area contributed by atoms with E-state index in [2.05, 4.69) is 11.4 Å². The number of rotatable bonds is 4. The van der Waals surface area contributed by atoms with Gasteiger partial charge in [0.2, 0.25) is 0 Å². The topological polar surface area (TPSA) is 35.8 Å². The summed E-state index contributed by atoms with van der Waals surface area (Å²) in [5.41, 5.74) is 1.67. The molecule has 2 aromatic rings. The van der Waals surface area contributed by atoms with Crippen molar-refractivity contribution in [3.8, 4) is 6.07 Å². The van der Waals surface area contributed by atoms with Crippen molar-refractivity contribution in [3.63, 3.8) is 0 Å². The Morgan fingerprint density at radius 1 is 1.14 bits per heavy atom. The van der Waals surface area contributed by atoms with Gasteiger partial charge >= 0.3 is 6.18 Å². The van der Waals surface area contributed by atoms with Crippen molar-refractivity contribution in [1.82, 2.24) is 5.32 Å². The van der Waals surface area contributed by atoms with Crippen molar-refractivity contribution in [1.29, 1.82) is 5.26 Å². The number of hydrogen-bond acceptors (Lipinski definition) is 2. The third-order valence-corrected chi connectivity index (χ3v) is 3.41. The summed E-state index contributed by atoms with van der Waals surface area (Å²) in [5, 5.41) is 12.1. The van der Waals surface area contributed by atoms with E-state index in [0.29, 0.717) is 12.1 Å². The minimum absolute atomic E-state index is 0.0898. The van der Waals surface area contributed by atoms with E-state index in [-0.39, 0.29) is 6.04 Å².